The molecule has 1 aromatic carbocycles. The summed E-state index contributed by atoms with van der Waals surface area (Å²) in [6, 6.07) is 10.4. The number of rotatable bonds is 1. The molecular weight excluding hydrogens is 168 g/mol. The molecule has 1 heterocycles. The van der Waals surface area contributed by atoms with Crippen molar-refractivity contribution in [3.05, 3.63) is 42.7 Å². The van der Waals surface area contributed by atoms with Crippen molar-refractivity contribution in [3.63, 3.8) is 0 Å². The zero-order valence-electron chi connectivity index (χ0n) is 6.64. The first-order valence-electron chi connectivity index (χ1n) is 3.83. The molecule has 1 nitrogen and oxygen atoms in total. The highest BCUT2D eigenvalue weighted by Crippen LogP contribution is 2.26. The Balaban J connectivity index is 2.31. The van der Waals surface area contributed by atoms with Gasteiger partial charge in [-0.3, -0.25) is 0 Å². The normalized spacial score (nSPS) is 21.2. The predicted molar refractivity (Wildman–Crippen MR) is 53.5 cm³/mol. The van der Waals surface area contributed by atoms with Crippen molar-refractivity contribution in [1.82, 2.24) is 0 Å². The summed E-state index contributed by atoms with van der Waals surface area (Å²) in [6.45, 7) is 0. The Morgan fingerprint density at radius 3 is 2.67 bits per heavy atom. The average Bonchev–Trinajstić information content (AvgIpc) is 2.21. The first kappa shape index (κ1) is 7.62. The minimum Gasteiger partial charge on any atom is -0.491 e. The molecule has 1 aromatic rings. The molecule has 0 bridgehead atoms. The minimum absolute atomic E-state index is 0.158. The molecule has 0 saturated heterocycles. The average molecular weight is 178 g/mol. The minimum atomic E-state index is 0.158. The fourth-order valence-corrected chi connectivity index (χ4v) is 2.43. The summed E-state index contributed by atoms with van der Waals surface area (Å²) in [5, 5.41) is 2.19. The molecule has 12 heavy (non-hydrogen) atoms. The molecule has 2 heteroatoms. The first-order valence-corrected chi connectivity index (χ1v) is 5.29. The summed E-state index contributed by atoms with van der Waals surface area (Å²) in [4.78, 5) is 1.35. The van der Waals surface area contributed by atoms with E-state index in [1.165, 1.54) is 4.90 Å². The van der Waals surface area contributed by atoms with E-state index >= 15 is 0 Å². The Bertz CT molecular complexity index is 314. The molecule has 0 saturated carbocycles. The van der Waals surface area contributed by atoms with Crippen LogP contribution in [0.2, 0.25) is 0 Å². The van der Waals surface area contributed by atoms with Crippen LogP contribution in [0, 0.1) is 0 Å². The molecule has 1 unspecified atom stereocenters. The van der Waals surface area contributed by atoms with Crippen molar-refractivity contribution in [3.8, 4) is 0 Å². The second-order valence-corrected chi connectivity index (χ2v) is 4.33. The van der Waals surface area contributed by atoms with Gasteiger partial charge in [-0.1, -0.05) is 18.2 Å². The Morgan fingerprint density at radius 1 is 1.17 bits per heavy atom. The van der Waals surface area contributed by atoms with Gasteiger partial charge in [0, 0.05) is 4.90 Å². The summed E-state index contributed by atoms with van der Waals surface area (Å²) in [7, 11) is 0.158. The van der Waals surface area contributed by atoms with Crippen molar-refractivity contribution in [2.45, 2.75) is 4.90 Å². The highest BCUT2D eigenvalue weighted by Gasteiger charge is 1.99. The Kier molecular flexibility index (Phi) is 2.28. The van der Waals surface area contributed by atoms with Gasteiger partial charge in [-0.2, -0.15) is 0 Å². The fourth-order valence-electron chi connectivity index (χ4n) is 1.08. The van der Waals surface area contributed by atoms with Crippen LogP contribution >= 0.6 is 10.5 Å². The van der Waals surface area contributed by atoms with Gasteiger partial charge in [0.1, 0.15) is 5.94 Å². The molecular formula is C10H10OS. The molecule has 0 amide bonds. The van der Waals surface area contributed by atoms with E-state index in [2.05, 4.69) is 29.6 Å². The van der Waals surface area contributed by atoms with Crippen LogP contribution in [-0.2, 0) is 4.74 Å². The topological polar surface area (TPSA) is 9.23 Å². The number of allylic oxidation sites excluding steroid dienone is 1. The number of benzene rings is 1. The fraction of sp³-hybridized carbons (Fsp3) is 0.100. The van der Waals surface area contributed by atoms with Gasteiger partial charge in [0.2, 0.25) is 0 Å². The lowest BCUT2D eigenvalue weighted by Crippen LogP contribution is -1.91. The smallest absolute Gasteiger partial charge is 0.132 e. The van der Waals surface area contributed by atoms with Crippen LogP contribution in [0.3, 0.4) is 0 Å². The summed E-state index contributed by atoms with van der Waals surface area (Å²) in [5.41, 5.74) is 0. The second kappa shape index (κ2) is 3.59. The van der Waals surface area contributed by atoms with E-state index in [0.717, 1.165) is 5.94 Å². The lowest BCUT2D eigenvalue weighted by atomic mass is 10.4. The largest absolute Gasteiger partial charge is 0.491 e. The van der Waals surface area contributed by atoms with Gasteiger partial charge >= 0.3 is 0 Å². The third-order valence-electron chi connectivity index (χ3n) is 1.66. The van der Waals surface area contributed by atoms with E-state index in [-0.39, 0.29) is 10.5 Å². The van der Waals surface area contributed by atoms with E-state index < -0.39 is 0 Å². The van der Waals surface area contributed by atoms with Crippen LogP contribution in [0.25, 0.3) is 0 Å². The van der Waals surface area contributed by atoms with Crippen LogP contribution < -0.4 is 0 Å². The van der Waals surface area contributed by atoms with Crippen molar-refractivity contribution < 1.29 is 4.74 Å². The summed E-state index contributed by atoms with van der Waals surface area (Å²) >= 11 is 0. The Labute approximate surface area is 74.6 Å². The third kappa shape index (κ3) is 1.59. The van der Waals surface area contributed by atoms with Crippen molar-refractivity contribution in [2.75, 3.05) is 5.94 Å². The van der Waals surface area contributed by atoms with Crippen molar-refractivity contribution in [1.29, 1.82) is 0 Å². The number of hydrogen-bond donors (Lipinski definition) is 0. The molecule has 0 aromatic heterocycles. The standard InChI is InChI=1S/C10H10OS/c1-2-5-10(6-3-1)12-8-4-7-11-9-12/h1-8H,9H2. The quantitative estimate of drug-likeness (QED) is 0.601. The van der Waals surface area contributed by atoms with Gasteiger partial charge in [-0.15, -0.1) is 10.5 Å². The molecule has 0 aliphatic carbocycles. The van der Waals surface area contributed by atoms with Gasteiger partial charge in [0.15, 0.2) is 0 Å². The summed E-state index contributed by atoms with van der Waals surface area (Å²) < 4.78 is 5.24. The lowest BCUT2D eigenvalue weighted by molar-refractivity contribution is 0.316. The van der Waals surface area contributed by atoms with Crippen LogP contribution in [0.5, 0.6) is 0 Å². The number of hydrogen-bond acceptors (Lipinski definition) is 1. The van der Waals surface area contributed by atoms with E-state index in [1.54, 1.807) is 6.26 Å². The van der Waals surface area contributed by atoms with Crippen LogP contribution in [0.1, 0.15) is 0 Å². The summed E-state index contributed by atoms with van der Waals surface area (Å²) in [5.74, 6) is 0.792. The van der Waals surface area contributed by atoms with Gasteiger partial charge in [0.25, 0.3) is 0 Å². The highest BCUT2D eigenvalue weighted by molar-refractivity contribution is 8.15. The maximum atomic E-state index is 5.24. The molecule has 0 spiro atoms. The molecule has 0 N–H and O–H groups in total. The molecule has 1 atom stereocenters. The van der Waals surface area contributed by atoms with E-state index in [9.17, 15) is 0 Å². The monoisotopic (exact) mass is 178 g/mol. The van der Waals surface area contributed by atoms with Gasteiger partial charge in [0.05, 0.1) is 6.26 Å². The summed E-state index contributed by atoms with van der Waals surface area (Å²) in [6.07, 6.45) is 3.71. The Hall–Kier alpha value is -1.02. The van der Waals surface area contributed by atoms with E-state index in [0.29, 0.717) is 0 Å². The predicted octanol–water partition coefficient (Wildman–Crippen LogP) is 2.62. The number of ether oxygens (including phenoxy) is 1. The van der Waals surface area contributed by atoms with Crippen LogP contribution in [0.15, 0.2) is 47.6 Å². The molecule has 2 rings (SSSR count). The van der Waals surface area contributed by atoms with Crippen molar-refractivity contribution in [2.24, 2.45) is 0 Å². The highest BCUT2D eigenvalue weighted by atomic mass is 32.2. The first-order chi connectivity index (χ1) is 5.97. The van der Waals surface area contributed by atoms with E-state index in [1.807, 2.05) is 12.1 Å². The Morgan fingerprint density at radius 2 is 2.00 bits per heavy atom. The maximum absolute atomic E-state index is 5.24. The van der Waals surface area contributed by atoms with Gasteiger partial charge in [-0.25, -0.2) is 0 Å². The molecule has 0 fully saturated rings. The lowest BCUT2D eigenvalue weighted by Gasteiger charge is -2.11. The van der Waals surface area contributed by atoms with Crippen LogP contribution in [0.4, 0.5) is 0 Å². The van der Waals surface area contributed by atoms with E-state index in [4.69, 9.17) is 4.74 Å². The van der Waals surface area contributed by atoms with Gasteiger partial charge < -0.3 is 4.74 Å². The van der Waals surface area contributed by atoms with Gasteiger partial charge in [-0.05, 0) is 23.6 Å². The molecule has 0 radical (unpaired) electrons. The second-order valence-electron chi connectivity index (χ2n) is 2.49. The van der Waals surface area contributed by atoms with Crippen LogP contribution in [-0.4, -0.2) is 11.3 Å². The zero-order chi connectivity index (χ0) is 8.23. The molecule has 1 aliphatic rings. The zero-order valence-corrected chi connectivity index (χ0v) is 7.46. The molecule has 62 valence electrons. The molecule has 1 aliphatic heterocycles. The maximum Gasteiger partial charge on any atom is 0.132 e. The SMILES string of the molecule is C1=COCS(c2ccccc2)=C1. The third-order valence-corrected chi connectivity index (χ3v) is 3.41. The van der Waals surface area contributed by atoms with Crippen molar-refractivity contribution >= 4 is 15.9 Å².